The van der Waals surface area contributed by atoms with Gasteiger partial charge in [0.15, 0.2) is 0 Å². The van der Waals surface area contributed by atoms with E-state index < -0.39 is 0 Å². The van der Waals surface area contributed by atoms with Crippen LogP contribution in [0.3, 0.4) is 0 Å². The van der Waals surface area contributed by atoms with E-state index in [1.54, 1.807) is 19.0 Å². The Hall–Kier alpha value is -1.39. The maximum absolute atomic E-state index is 11.7. The first kappa shape index (κ1) is 12.6. The van der Waals surface area contributed by atoms with Crippen molar-refractivity contribution < 1.29 is 9.53 Å². The summed E-state index contributed by atoms with van der Waals surface area (Å²) in [6.07, 6.45) is 1.22. The summed E-state index contributed by atoms with van der Waals surface area (Å²) in [5, 5.41) is 0. The molecule has 0 saturated carbocycles. The van der Waals surface area contributed by atoms with Gasteiger partial charge in [-0.3, -0.25) is 9.69 Å². The fourth-order valence-electron chi connectivity index (χ4n) is 2.87. The van der Waals surface area contributed by atoms with Crippen LogP contribution in [0, 0.1) is 0 Å². The van der Waals surface area contributed by atoms with Crippen molar-refractivity contribution >= 4 is 5.91 Å². The van der Waals surface area contributed by atoms with Crippen LogP contribution in [0.4, 0.5) is 0 Å². The Morgan fingerprint density at radius 1 is 1.42 bits per heavy atom. The highest BCUT2D eigenvalue weighted by atomic mass is 16.6. The molecule has 2 aliphatic heterocycles. The molecular weight excluding hydrogens is 240 g/mol. The standard InChI is InChI=1S/C15H20N2O2/c1-16(2)14(18)11-17-9-8-15(13(10-17)19-15)12-6-4-3-5-7-12/h3-7,13H,8-11H2,1-2H3. The van der Waals surface area contributed by atoms with Crippen molar-refractivity contribution in [2.75, 3.05) is 33.7 Å². The molecule has 0 bridgehead atoms. The number of likely N-dealkylation sites (N-methyl/N-ethyl adjacent to an activating group) is 1. The summed E-state index contributed by atoms with van der Waals surface area (Å²) in [6.45, 7) is 2.27. The van der Waals surface area contributed by atoms with Gasteiger partial charge in [-0.2, -0.15) is 0 Å². The van der Waals surface area contributed by atoms with Crippen molar-refractivity contribution in [1.82, 2.24) is 9.80 Å². The van der Waals surface area contributed by atoms with Crippen molar-refractivity contribution in [2.24, 2.45) is 0 Å². The molecule has 2 saturated heterocycles. The molecule has 2 aliphatic rings. The van der Waals surface area contributed by atoms with E-state index >= 15 is 0 Å². The number of amides is 1. The predicted molar refractivity (Wildman–Crippen MR) is 72.7 cm³/mol. The van der Waals surface area contributed by atoms with Crippen LogP contribution >= 0.6 is 0 Å². The molecule has 0 aliphatic carbocycles. The van der Waals surface area contributed by atoms with E-state index in [0.717, 1.165) is 19.5 Å². The zero-order valence-corrected chi connectivity index (χ0v) is 11.5. The zero-order chi connectivity index (χ0) is 13.5. The largest absolute Gasteiger partial charge is 0.360 e. The van der Waals surface area contributed by atoms with E-state index in [0.29, 0.717) is 6.54 Å². The highest BCUT2D eigenvalue weighted by Crippen LogP contribution is 2.51. The fourth-order valence-corrected chi connectivity index (χ4v) is 2.87. The Morgan fingerprint density at radius 3 is 2.79 bits per heavy atom. The fraction of sp³-hybridized carbons (Fsp3) is 0.533. The number of epoxide rings is 1. The summed E-state index contributed by atoms with van der Waals surface area (Å²) in [5.74, 6) is 0.160. The molecule has 4 heteroatoms. The van der Waals surface area contributed by atoms with Crippen LogP contribution in [0.25, 0.3) is 0 Å². The lowest BCUT2D eigenvalue weighted by atomic mass is 9.89. The average Bonchev–Trinajstić information content (AvgIpc) is 3.14. The number of likely N-dealkylation sites (tertiary alicyclic amines) is 1. The number of ether oxygens (including phenoxy) is 1. The van der Waals surface area contributed by atoms with Crippen LogP contribution in [-0.2, 0) is 15.1 Å². The Kier molecular flexibility index (Phi) is 3.07. The Labute approximate surface area is 113 Å². The molecule has 1 amide bonds. The van der Waals surface area contributed by atoms with Gasteiger partial charge in [0.1, 0.15) is 11.7 Å². The normalized spacial score (nSPS) is 29.7. The molecule has 1 aromatic carbocycles. The molecule has 102 valence electrons. The SMILES string of the molecule is CN(C)C(=O)CN1CCC2(c3ccccc3)OC2C1. The molecule has 0 N–H and O–H groups in total. The van der Waals surface area contributed by atoms with Gasteiger partial charge < -0.3 is 9.64 Å². The molecule has 2 fully saturated rings. The first-order valence-electron chi connectivity index (χ1n) is 6.78. The minimum atomic E-state index is -0.0705. The molecule has 0 spiro atoms. The summed E-state index contributed by atoms with van der Waals surface area (Å²) >= 11 is 0. The van der Waals surface area contributed by atoms with Crippen molar-refractivity contribution in [3.63, 3.8) is 0 Å². The van der Waals surface area contributed by atoms with E-state index in [-0.39, 0.29) is 17.6 Å². The third-order valence-corrected chi connectivity index (χ3v) is 4.16. The second-order valence-corrected chi connectivity index (χ2v) is 5.64. The number of carbonyl (C=O) groups excluding carboxylic acids is 1. The first-order chi connectivity index (χ1) is 9.12. The van der Waals surface area contributed by atoms with Crippen molar-refractivity contribution in [3.05, 3.63) is 35.9 Å². The number of rotatable bonds is 3. The second-order valence-electron chi connectivity index (χ2n) is 5.64. The summed E-state index contributed by atoms with van der Waals surface area (Å²) in [5.41, 5.74) is 1.21. The lowest BCUT2D eigenvalue weighted by Gasteiger charge is -2.28. The lowest BCUT2D eigenvalue weighted by molar-refractivity contribution is -0.130. The number of benzene rings is 1. The third kappa shape index (κ3) is 2.26. The second kappa shape index (κ2) is 4.62. The van der Waals surface area contributed by atoms with Gasteiger partial charge in [0, 0.05) is 27.2 Å². The maximum Gasteiger partial charge on any atom is 0.236 e. The molecule has 2 unspecified atom stereocenters. The molecule has 2 atom stereocenters. The molecule has 1 aromatic rings. The van der Waals surface area contributed by atoms with Crippen molar-refractivity contribution in [3.8, 4) is 0 Å². The summed E-state index contributed by atoms with van der Waals surface area (Å²) in [6, 6.07) is 10.4. The highest BCUT2D eigenvalue weighted by Gasteiger charge is 2.59. The lowest BCUT2D eigenvalue weighted by Crippen LogP contribution is -2.43. The van der Waals surface area contributed by atoms with Crippen LogP contribution < -0.4 is 0 Å². The number of piperidine rings is 1. The van der Waals surface area contributed by atoms with Crippen LogP contribution in [0.2, 0.25) is 0 Å². The van der Waals surface area contributed by atoms with Gasteiger partial charge in [0.2, 0.25) is 5.91 Å². The third-order valence-electron chi connectivity index (χ3n) is 4.16. The number of hydrogen-bond acceptors (Lipinski definition) is 3. The zero-order valence-electron chi connectivity index (χ0n) is 11.5. The molecular formula is C15H20N2O2. The number of fused-ring (bicyclic) bond motifs is 1. The van der Waals surface area contributed by atoms with Crippen LogP contribution in [0.1, 0.15) is 12.0 Å². The number of hydrogen-bond donors (Lipinski definition) is 0. The maximum atomic E-state index is 11.7. The molecule has 4 nitrogen and oxygen atoms in total. The molecule has 3 rings (SSSR count). The average molecular weight is 260 g/mol. The van der Waals surface area contributed by atoms with Crippen molar-refractivity contribution in [1.29, 1.82) is 0 Å². The minimum absolute atomic E-state index is 0.0705. The smallest absolute Gasteiger partial charge is 0.236 e. The van der Waals surface area contributed by atoms with Crippen LogP contribution in [0.15, 0.2) is 30.3 Å². The molecule has 0 radical (unpaired) electrons. The Balaban J connectivity index is 1.63. The number of nitrogens with zero attached hydrogens (tertiary/aromatic N) is 2. The molecule has 2 heterocycles. The summed E-state index contributed by atoms with van der Waals surface area (Å²) < 4.78 is 5.96. The van der Waals surface area contributed by atoms with E-state index in [1.165, 1.54) is 5.56 Å². The minimum Gasteiger partial charge on any atom is -0.360 e. The Morgan fingerprint density at radius 2 is 2.16 bits per heavy atom. The van der Waals surface area contributed by atoms with E-state index in [2.05, 4.69) is 29.2 Å². The van der Waals surface area contributed by atoms with E-state index in [9.17, 15) is 4.79 Å². The Bertz CT molecular complexity index is 474. The quantitative estimate of drug-likeness (QED) is 0.763. The molecule has 0 aromatic heterocycles. The van der Waals surface area contributed by atoms with Gasteiger partial charge in [-0.05, 0) is 12.0 Å². The van der Waals surface area contributed by atoms with Crippen LogP contribution in [-0.4, -0.2) is 55.5 Å². The van der Waals surface area contributed by atoms with E-state index in [1.807, 2.05) is 6.07 Å². The monoisotopic (exact) mass is 260 g/mol. The van der Waals surface area contributed by atoms with Gasteiger partial charge >= 0.3 is 0 Å². The number of carbonyl (C=O) groups is 1. The molecule has 19 heavy (non-hydrogen) atoms. The van der Waals surface area contributed by atoms with E-state index in [4.69, 9.17) is 4.74 Å². The van der Waals surface area contributed by atoms with Gasteiger partial charge in [-0.15, -0.1) is 0 Å². The van der Waals surface area contributed by atoms with Gasteiger partial charge in [-0.1, -0.05) is 30.3 Å². The van der Waals surface area contributed by atoms with Gasteiger partial charge in [0.05, 0.1) is 6.54 Å². The van der Waals surface area contributed by atoms with Gasteiger partial charge in [-0.25, -0.2) is 0 Å². The van der Waals surface area contributed by atoms with Crippen LogP contribution in [0.5, 0.6) is 0 Å². The van der Waals surface area contributed by atoms with Gasteiger partial charge in [0.25, 0.3) is 0 Å². The topological polar surface area (TPSA) is 36.1 Å². The van der Waals surface area contributed by atoms with Crippen molar-refractivity contribution in [2.45, 2.75) is 18.1 Å². The predicted octanol–water partition coefficient (Wildman–Crippen LogP) is 1.07. The highest BCUT2D eigenvalue weighted by molar-refractivity contribution is 5.77. The summed E-state index contributed by atoms with van der Waals surface area (Å²) in [4.78, 5) is 15.6. The first-order valence-corrected chi connectivity index (χ1v) is 6.78. The summed E-state index contributed by atoms with van der Waals surface area (Å²) in [7, 11) is 3.60.